The Bertz CT molecular complexity index is 221. The predicted octanol–water partition coefficient (Wildman–Crippen LogP) is 2.81. The molecule has 1 unspecified atom stereocenters. The van der Waals surface area contributed by atoms with Gasteiger partial charge in [-0.25, -0.2) is 0 Å². The van der Waals surface area contributed by atoms with Crippen molar-refractivity contribution >= 4 is 43.5 Å². The van der Waals surface area contributed by atoms with Crippen LogP contribution in [0.25, 0.3) is 0 Å². The summed E-state index contributed by atoms with van der Waals surface area (Å²) in [6.45, 7) is 2.23. The highest BCUT2D eigenvalue weighted by atomic mass is 79.9. The Morgan fingerprint density at radius 1 is 1.64 bits per heavy atom. The van der Waals surface area contributed by atoms with E-state index in [1.165, 1.54) is 0 Å². The predicted molar refractivity (Wildman–Crippen MR) is 65.4 cm³/mol. The van der Waals surface area contributed by atoms with E-state index < -0.39 is 11.0 Å². The maximum absolute atomic E-state index is 9.45. The van der Waals surface area contributed by atoms with Crippen LogP contribution < -0.4 is 0 Å². The summed E-state index contributed by atoms with van der Waals surface area (Å²) in [4.78, 5) is 1.26. The third kappa shape index (κ3) is 3.20. The Labute approximate surface area is 106 Å². The van der Waals surface area contributed by atoms with E-state index in [-0.39, 0.29) is 10.9 Å². The van der Waals surface area contributed by atoms with Crippen molar-refractivity contribution in [1.29, 1.82) is 0 Å². The van der Waals surface area contributed by atoms with Gasteiger partial charge in [0.2, 0.25) is 0 Å². The van der Waals surface area contributed by atoms with Crippen molar-refractivity contribution in [3.8, 4) is 0 Å². The van der Waals surface area contributed by atoms with Gasteiger partial charge < -0.3 is 9.84 Å². The number of aliphatic hydroxyl groups is 1. The van der Waals surface area contributed by atoms with E-state index in [9.17, 15) is 5.11 Å². The third-order valence-electron chi connectivity index (χ3n) is 2.34. The fraction of sp³-hybridized carbons (Fsp3) is 0.778. The highest BCUT2D eigenvalue weighted by Crippen LogP contribution is 2.33. The molecule has 1 aliphatic heterocycles. The Morgan fingerprint density at radius 3 is 2.79 bits per heavy atom. The van der Waals surface area contributed by atoms with E-state index >= 15 is 0 Å². The van der Waals surface area contributed by atoms with E-state index in [0.717, 1.165) is 0 Å². The minimum absolute atomic E-state index is 0.0584. The van der Waals surface area contributed by atoms with Gasteiger partial charge in [0.25, 0.3) is 0 Å². The molecule has 0 aromatic rings. The van der Waals surface area contributed by atoms with Crippen molar-refractivity contribution in [3.05, 3.63) is 11.1 Å². The molecular formula is C9H13Br2ClO2. The van der Waals surface area contributed by atoms with E-state index in [2.05, 4.69) is 31.9 Å². The van der Waals surface area contributed by atoms with Crippen molar-refractivity contribution in [2.75, 3.05) is 6.61 Å². The molecule has 0 aliphatic carbocycles. The zero-order valence-corrected chi connectivity index (χ0v) is 11.7. The van der Waals surface area contributed by atoms with Gasteiger partial charge in [-0.05, 0) is 18.3 Å². The van der Waals surface area contributed by atoms with Gasteiger partial charge in [0.1, 0.15) is 0 Å². The fourth-order valence-electron chi connectivity index (χ4n) is 1.37. The van der Waals surface area contributed by atoms with Crippen LogP contribution in [0, 0.1) is 0 Å². The Balaban J connectivity index is 2.62. The molecule has 82 valence electrons. The number of hydrogen-bond donors (Lipinski definition) is 1. The summed E-state index contributed by atoms with van der Waals surface area (Å²) in [5, 5.41) is 9.45. The van der Waals surface area contributed by atoms with Crippen molar-refractivity contribution in [3.63, 3.8) is 0 Å². The molecule has 0 spiro atoms. The van der Waals surface area contributed by atoms with Crippen LogP contribution in [0.15, 0.2) is 11.1 Å². The summed E-state index contributed by atoms with van der Waals surface area (Å²) in [5.74, 6) is 0. The van der Waals surface area contributed by atoms with Crippen LogP contribution >= 0.6 is 43.5 Å². The number of ether oxygens (including phenoxy) is 1. The van der Waals surface area contributed by atoms with Crippen molar-refractivity contribution in [1.82, 2.24) is 0 Å². The van der Waals surface area contributed by atoms with Gasteiger partial charge in [-0.2, -0.15) is 0 Å². The average molecular weight is 348 g/mol. The zero-order chi connectivity index (χ0) is 10.8. The Morgan fingerprint density at radius 2 is 2.29 bits per heavy atom. The minimum atomic E-state index is -0.532. The molecule has 0 amide bonds. The lowest BCUT2D eigenvalue weighted by atomic mass is 9.95. The van der Waals surface area contributed by atoms with Gasteiger partial charge in [-0.3, -0.25) is 0 Å². The molecule has 1 heterocycles. The van der Waals surface area contributed by atoms with Gasteiger partial charge in [-0.1, -0.05) is 37.9 Å². The number of alkyl halides is 2. The summed E-state index contributed by atoms with van der Waals surface area (Å²) in [7, 11) is 0. The molecule has 0 bridgehead atoms. The minimum Gasteiger partial charge on any atom is -0.390 e. The van der Waals surface area contributed by atoms with Crippen LogP contribution in [-0.4, -0.2) is 33.6 Å². The van der Waals surface area contributed by atoms with Crippen LogP contribution in [0.3, 0.4) is 0 Å². The quantitative estimate of drug-likeness (QED) is 0.778. The summed E-state index contributed by atoms with van der Waals surface area (Å²) < 4.78 is 5.49. The Hall–Kier alpha value is 0.910. The highest BCUT2D eigenvalue weighted by molar-refractivity contribution is 9.11. The van der Waals surface area contributed by atoms with Gasteiger partial charge >= 0.3 is 0 Å². The first-order valence-electron chi connectivity index (χ1n) is 4.38. The van der Waals surface area contributed by atoms with Crippen molar-refractivity contribution in [2.24, 2.45) is 0 Å². The maximum atomic E-state index is 9.45. The molecule has 0 radical (unpaired) electrons. The molecule has 0 saturated carbocycles. The first-order valence-corrected chi connectivity index (χ1v) is 6.59. The maximum Gasteiger partial charge on any atom is 0.0899 e. The van der Waals surface area contributed by atoms with Crippen LogP contribution in [0.5, 0.6) is 0 Å². The normalized spacial score (nSPS) is 38.5. The molecule has 14 heavy (non-hydrogen) atoms. The molecule has 0 aromatic heterocycles. The monoisotopic (exact) mass is 346 g/mol. The number of hydrogen-bond acceptors (Lipinski definition) is 2. The van der Waals surface area contributed by atoms with E-state index in [0.29, 0.717) is 13.0 Å². The molecular weight excluding hydrogens is 335 g/mol. The lowest BCUT2D eigenvalue weighted by Crippen LogP contribution is -2.45. The molecule has 1 N–H and O–H groups in total. The van der Waals surface area contributed by atoms with Gasteiger partial charge in [0.15, 0.2) is 0 Å². The number of rotatable bonds is 2. The molecule has 4 atom stereocenters. The van der Waals surface area contributed by atoms with Crippen LogP contribution in [0.1, 0.15) is 13.3 Å². The number of aliphatic hydroxyl groups excluding tert-OH is 1. The van der Waals surface area contributed by atoms with Crippen LogP contribution in [-0.2, 0) is 4.74 Å². The average Bonchev–Trinajstić information content (AvgIpc) is 2.09. The molecule has 1 aliphatic rings. The molecule has 2 nitrogen and oxygen atoms in total. The zero-order valence-electron chi connectivity index (χ0n) is 7.79. The van der Waals surface area contributed by atoms with E-state index in [4.69, 9.17) is 16.3 Å². The lowest BCUT2D eigenvalue weighted by molar-refractivity contribution is -0.0581. The highest BCUT2D eigenvalue weighted by Gasteiger charge is 2.37. The first kappa shape index (κ1) is 13.0. The number of halogens is 3. The van der Waals surface area contributed by atoms with Gasteiger partial charge in [0, 0.05) is 4.83 Å². The van der Waals surface area contributed by atoms with Crippen molar-refractivity contribution in [2.45, 2.75) is 35.3 Å². The lowest BCUT2D eigenvalue weighted by Gasteiger charge is -2.36. The topological polar surface area (TPSA) is 29.5 Å². The summed E-state index contributed by atoms with van der Waals surface area (Å²) in [6.07, 6.45) is 2.03. The molecule has 5 heteroatoms. The third-order valence-corrected chi connectivity index (χ3v) is 3.96. The van der Waals surface area contributed by atoms with Gasteiger partial charge in [-0.15, -0.1) is 11.6 Å². The standard InChI is InChI=1S/C9H13Br2ClO2/c1-9(12,2-3-10)8-4-6(11)7(13)5-14-8/h2-3,6-8,13H,4-5H2,1H3/b3-2+/t6-,7+,8-,9?/m0/s1. The van der Waals surface area contributed by atoms with E-state index in [1.54, 1.807) is 4.99 Å². The Kier molecular flexibility index (Phi) is 4.91. The SMILES string of the molecule is CC(Cl)(/C=C/Br)[C@@H]1C[C@H](Br)[C@H](O)CO1. The van der Waals surface area contributed by atoms with E-state index in [1.807, 2.05) is 13.0 Å². The summed E-state index contributed by atoms with van der Waals surface area (Å²) in [6, 6.07) is 0. The van der Waals surface area contributed by atoms with Crippen LogP contribution in [0.2, 0.25) is 0 Å². The fourth-order valence-corrected chi connectivity index (χ4v) is 2.78. The second-order valence-corrected chi connectivity index (χ2v) is 6.10. The smallest absolute Gasteiger partial charge is 0.0899 e. The second-order valence-electron chi connectivity index (χ2n) is 3.58. The summed E-state index contributed by atoms with van der Waals surface area (Å²) >= 11 is 12.9. The molecule has 1 saturated heterocycles. The van der Waals surface area contributed by atoms with Crippen LogP contribution in [0.4, 0.5) is 0 Å². The largest absolute Gasteiger partial charge is 0.390 e. The first-order chi connectivity index (χ1) is 6.47. The molecule has 1 fully saturated rings. The van der Waals surface area contributed by atoms with Gasteiger partial charge in [0.05, 0.1) is 23.7 Å². The molecule has 1 rings (SSSR count). The van der Waals surface area contributed by atoms with Crippen molar-refractivity contribution < 1.29 is 9.84 Å². The summed E-state index contributed by atoms with van der Waals surface area (Å²) in [5.41, 5.74) is 0. The molecule has 0 aromatic carbocycles. The second kappa shape index (κ2) is 5.30.